The van der Waals surface area contributed by atoms with Crippen LogP contribution in [-0.2, 0) is 28.5 Å². The number of carbonyl (C=O) groups is 1. The average Bonchev–Trinajstić information content (AvgIpc) is 3.28. The van der Waals surface area contributed by atoms with Crippen LogP contribution in [0.25, 0.3) is 28.4 Å². The van der Waals surface area contributed by atoms with E-state index in [0.29, 0.717) is 5.56 Å². The number of phenols is 4. The molecule has 15 atom stereocenters. The van der Waals surface area contributed by atoms with E-state index in [9.17, 15) is 76.0 Å². The number of hydrogen-bond donors (Lipinski definition) is 13. The highest BCUT2D eigenvalue weighted by atomic mass is 16.8. The smallest absolute Gasteiger partial charge is 0.330 e. The number of phenolic OH excluding ortho intramolecular Hbond substituents is 4. The van der Waals surface area contributed by atoms with Crippen molar-refractivity contribution in [2.45, 2.75) is 99.0 Å². The summed E-state index contributed by atoms with van der Waals surface area (Å²) in [6.07, 6.45) is -24.4. The van der Waals surface area contributed by atoms with Crippen LogP contribution in [0.3, 0.4) is 0 Å². The SMILES string of the molecule is CC1OC(Oc2c(-c3ccc(O)c(O)c3)oc3cc(OC4OC(CO)C(O)C(O)C4O)cc(O)c3c2=O)C(OC2OC(COC(=O)C=Cc3ccc(O)cc3)C(O)C(O)C2O)C(O)C1O. The number of rotatable bonds is 12. The van der Waals surface area contributed by atoms with E-state index in [1.54, 1.807) is 0 Å². The van der Waals surface area contributed by atoms with Crippen molar-refractivity contribution in [3.63, 3.8) is 0 Å². The number of aromatic hydroxyl groups is 4. The van der Waals surface area contributed by atoms with Crippen molar-refractivity contribution in [3.8, 4) is 45.8 Å². The molecule has 0 spiro atoms. The third-order valence-corrected chi connectivity index (χ3v) is 10.9. The molecule has 4 heterocycles. The van der Waals surface area contributed by atoms with Crippen LogP contribution in [0.5, 0.6) is 34.5 Å². The van der Waals surface area contributed by atoms with Gasteiger partial charge in [0, 0.05) is 23.8 Å². The Kier molecular flexibility index (Phi) is 14.2. The molecule has 13 N–H and O–H groups in total. The Morgan fingerprint density at radius 3 is 2.02 bits per heavy atom. The summed E-state index contributed by atoms with van der Waals surface area (Å²) < 4.78 is 45.6. The minimum Gasteiger partial charge on any atom is -0.508 e. The molecule has 0 aliphatic carbocycles. The molecule has 352 valence electrons. The number of aliphatic hydroxyl groups excluding tert-OH is 9. The molecular weight excluding hydrogens is 872 g/mol. The van der Waals surface area contributed by atoms with Gasteiger partial charge in [-0.1, -0.05) is 12.1 Å². The van der Waals surface area contributed by atoms with Gasteiger partial charge in [-0.3, -0.25) is 4.79 Å². The minimum atomic E-state index is -2.06. The van der Waals surface area contributed by atoms with E-state index in [4.69, 9.17) is 37.6 Å². The second kappa shape index (κ2) is 19.4. The highest BCUT2D eigenvalue weighted by Gasteiger charge is 2.51. The maximum atomic E-state index is 14.4. The Balaban J connectivity index is 1.19. The van der Waals surface area contributed by atoms with Gasteiger partial charge in [0.1, 0.15) is 95.9 Å². The molecule has 15 unspecified atom stereocenters. The zero-order valence-corrected chi connectivity index (χ0v) is 33.8. The molecule has 3 aromatic carbocycles. The maximum Gasteiger partial charge on any atom is 0.330 e. The van der Waals surface area contributed by atoms with Crippen LogP contribution in [0.2, 0.25) is 0 Å². The predicted molar refractivity (Wildman–Crippen MR) is 214 cm³/mol. The quantitative estimate of drug-likeness (QED) is 0.0406. The van der Waals surface area contributed by atoms with Crippen molar-refractivity contribution >= 4 is 23.0 Å². The lowest BCUT2D eigenvalue weighted by atomic mass is 9.97. The Morgan fingerprint density at radius 2 is 1.34 bits per heavy atom. The molecule has 23 heteroatoms. The van der Waals surface area contributed by atoms with Gasteiger partial charge in [-0.15, -0.1) is 0 Å². The highest BCUT2D eigenvalue weighted by Crippen LogP contribution is 2.41. The number of benzene rings is 3. The summed E-state index contributed by atoms with van der Waals surface area (Å²) in [5.74, 6) is -4.66. The lowest BCUT2D eigenvalue weighted by molar-refractivity contribution is -0.355. The first-order chi connectivity index (χ1) is 30.9. The van der Waals surface area contributed by atoms with Crippen LogP contribution in [0.1, 0.15) is 12.5 Å². The zero-order chi connectivity index (χ0) is 47.0. The van der Waals surface area contributed by atoms with Crippen LogP contribution in [0, 0.1) is 0 Å². The number of hydrogen-bond acceptors (Lipinski definition) is 23. The summed E-state index contributed by atoms with van der Waals surface area (Å²) in [6.45, 7) is -0.163. The molecular formula is C42H46O23. The van der Waals surface area contributed by atoms with Gasteiger partial charge in [0.2, 0.25) is 23.8 Å². The highest BCUT2D eigenvalue weighted by molar-refractivity contribution is 5.89. The van der Waals surface area contributed by atoms with Gasteiger partial charge in [0.25, 0.3) is 0 Å². The summed E-state index contributed by atoms with van der Waals surface area (Å²) in [5, 5.41) is 136. The molecule has 3 aliphatic rings. The van der Waals surface area contributed by atoms with E-state index in [2.05, 4.69) is 0 Å². The lowest BCUT2D eigenvalue weighted by Gasteiger charge is -2.45. The zero-order valence-electron chi connectivity index (χ0n) is 33.8. The number of ether oxygens (including phenoxy) is 7. The van der Waals surface area contributed by atoms with Gasteiger partial charge in [-0.25, -0.2) is 4.79 Å². The van der Waals surface area contributed by atoms with Crippen molar-refractivity contribution in [2.75, 3.05) is 13.2 Å². The fraction of sp³-hybridized carbons (Fsp3) is 0.429. The van der Waals surface area contributed by atoms with Gasteiger partial charge < -0.3 is 104 Å². The number of fused-ring (bicyclic) bond motifs is 1. The van der Waals surface area contributed by atoms with Crippen LogP contribution >= 0.6 is 0 Å². The van der Waals surface area contributed by atoms with E-state index in [1.165, 1.54) is 43.3 Å². The first-order valence-electron chi connectivity index (χ1n) is 19.9. The molecule has 3 aliphatic heterocycles. The Bertz CT molecular complexity index is 2400. The van der Waals surface area contributed by atoms with Gasteiger partial charge in [-0.05, 0) is 48.9 Å². The topological polar surface area (TPSA) is 375 Å². The summed E-state index contributed by atoms with van der Waals surface area (Å²) >= 11 is 0. The van der Waals surface area contributed by atoms with Crippen molar-refractivity contribution < 1.29 is 109 Å². The van der Waals surface area contributed by atoms with Gasteiger partial charge in [-0.2, -0.15) is 0 Å². The van der Waals surface area contributed by atoms with Crippen molar-refractivity contribution in [1.82, 2.24) is 0 Å². The minimum absolute atomic E-state index is 0.000991. The predicted octanol–water partition coefficient (Wildman–Crippen LogP) is -2.24. The summed E-state index contributed by atoms with van der Waals surface area (Å²) in [6, 6.07) is 10.9. The van der Waals surface area contributed by atoms with E-state index < -0.39 is 156 Å². The van der Waals surface area contributed by atoms with Gasteiger partial charge in [0.05, 0.1) is 12.7 Å². The molecule has 65 heavy (non-hydrogen) atoms. The van der Waals surface area contributed by atoms with E-state index >= 15 is 0 Å². The van der Waals surface area contributed by atoms with E-state index in [-0.39, 0.29) is 17.1 Å². The molecule has 7 rings (SSSR count). The molecule has 3 fully saturated rings. The Labute approximate surface area is 365 Å². The van der Waals surface area contributed by atoms with Crippen molar-refractivity contribution in [1.29, 1.82) is 0 Å². The Morgan fingerprint density at radius 1 is 0.677 bits per heavy atom. The van der Waals surface area contributed by atoms with Gasteiger partial charge in [0.15, 0.2) is 29.7 Å². The van der Waals surface area contributed by atoms with Gasteiger partial charge >= 0.3 is 5.97 Å². The van der Waals surface area contributed by atoms with Crippen LogP contribution in [0.4, 0.5) is 0 Å². The normalized spacial score (nSPS) is 32.9. The molecule has 0 amide bonds. The van der Waals surface area contributed by atoms with Crippen LogP contribution < -0.4 is 14.9 Å². The third kappa shape index (κ3) is 9.83. The fourth-order valence-electron chi connectivity index (χ4n) is 7.23. The fourth-order valence-corrected chi connectivity index (χ4v) is 7.23. The molecule has 23 nitrogen and oxygen atoms in total. The molecule has 4 aromatic rings. The van der Waals surface area contributed by atoms with E-state index in [0.717, 1.165) is 30.3 Å². The van der Waals surface area contributed by atoms with Crippen LogP contribution in [-0.4, -0.2) is 178 Å². The number of carbonyl (C=O) groups excluding carboxylic acids is 1. The number of aliphatic hydroxyl groups is 9. The first-order valence-corrected chi connectivity index (χ1v) is 19.9. The standard InChI is InChI=1S/C42H46O23/c1-15-28(49)34(55)39(65-41-36(57)33(54)30(51)25(63-41)14-58-26(48)9-4-16-2-6-18(44)7-3-16)42(59-15)64-38-31(52)27-22(47)11-19(60-40-35(56)32(53)29(50)24(13-43)62-40)12-23(27)61-37(38)17-5-8-20(45)21(46)10-17/h2-12,15,24-25,28-30,32-36,39-47,49-51,53-57H,13-14H2,1H3. The summed E-state index contributed by atoms with van der Waals surface area (Å²) in [5.41, 5.74) is -1.19. The Hall–Kier alpha value is -5.64. The molecule has 0 saturated carbocycles. The third-order valence-electron chi connectivity index (χ3n) is 10.9. The first kappa shape index (κ1) is 47.3. The van der Waals surface area contributed by atoms with Crippen molar-refractivity contribution in [3.05, 3.63) is 76.5 Å². The molecule has 0 bridgehead atoms. The summed E-state index contributed by atoms with van der Waals surface area (Å²) in [7, 11) is 0. The second-order valence-electron chi connectivity index (χ2n) is 15.4. The second-order valence-corrected chi connectivity index (χ2v) is 15.4. The number of esters is 1. The lowest BCUT2D eigenvalue weighted by Crippen LogP contribution is -2.64. The monoisotopic (exact) mass is 918 g/mol. The van der Waals surface area contributed by atoms with Crippen LogP contribution in [0.15, 0.2) is 69.9 Å². The molecule has 1 aromatic heterocycles. The summed E-state index contributed by atoms with van der Waals surface area (Å²) in [4.78, 5) is 26.9. The largest absolute Gasteiger partial charge is 0.508 e. The average molecular weight is 919 g/mol. The van der Waals surface area contributed by atoms with Crippen molar-refractivity contribution in [2.24, 2.45) is 0 Å². The molecule has 0 radical (unpaired) electrons. The molecule has 3 saturated heterocycles. The van der Waals surface area contributed by atoms with E-state index in [1.807, 2.05) is 0 Å². The maximum absolute atomic E-state index is 14.4.